The number of amides is 2. The molecule has 3 heterocycles. The Morgan fingerprint density at radius 3 is 2.66 bits per heavy atom. The van der Waals surface area contributed by atoms with Crippen molar-refractivity contribution in [2.75, 3.05) is 0 Å². The molecule has 6 heteroatoms. The Kier molecular flexibility index (Phi) is 5.35. The summed E-state index contributed by atoms with van der Waals surface area (Å²) in [6.45, 7) is 4.31. The van der Waals surface area contributed by atoms with Crippen molar-refractivity contribution in [2.45, 2.75) is 64.6 Å². The molecule has 3 atom stereocenters. The number of nitrogens with zero attached hydrogens (tertiary/aromatic N) is 3. The lowest BCUT2D eigenvalue weighted by Crippen LogP contribution is -2.49. The lowest BCUT2D eigenvalue weighted by Gasteiger charge is -2.35. The number of nitrogens with one attached hydrogen (secondary N) is 1. The average molecular weight is 393 g/mol. The van der Waals surface area contributed by atoms with E-state index in [0.29, 0.717) is 13.0 Å². The SMILES string of the molecule is CC[C@@]1(C(=O)NCc2cnc(C)cn2)C[C@@H]2CC[C@H]1N2C(=O)Cc1ccccc1. The highest BCUT2D eigenvalue weighted by atomic mass is 16.2. The summed E-state index contributed by atoms with van der Waals surface area (Å²) in [5, 5.41) is 3.07. The van der Waals surface area contributed by atoms with Crippen LogP contribution in [-0.4, -0.2) is 38.8 Å². The van der Waals surface area contributed by atoms with E-state index in [1.807, 2.05) is 42.2 Å². The van der Waals surface area contributed by atoms with Crippen molar-refractivity contribution in [2.24, 2.45) is 5.41 Å². The monoisotopic (exact) mass is 392 g/mol. The minimum atomic E-state index is -0.507. The van der Waals surface area contributed by atoms with Crippen LogP contribution < -0.4 is 5.32 Å². The third kappa shape index (κ3) is 3.63. The molecular formula is C23H28N4O2. The molecule has 4 rings (SSSR count). The first-order valence-electron chi connectivity index (χ1n) is 10.4. The summed E-state index contributed by atoms with van der Waals surface area (Å²) in [6, 6.07) is 9.99. The first-order chi connectivity index (χ1) is 14.0. The van der Waals surface area contributed by atoms with Gasteiger partial charge in [-0.25, -0.2) is 0 Å². The van der Waals surface area contributed by atoms with Gasteiger partial charge in [-0.15, -0.1) is 0 Å². The first kappa shape index (κ1) is 19.6. The van der Waals surface area contributed by atoms with Crippen LogP contribution in [0.5, 0.6) is 0 Å². The summed E-state index contributed by atoms with van der Waals surface area (Å²) in [5.74, 6) is 0.170. The zero-order chi connectivity index (χ0) is 20.4. The lowest BCUT2D eigenvalue weighted by atomic mass is 9.71. The summed E-state index contributed by atoms with van der Waals surface area (Å²) >= 11 is 0. The maximum absolute atomic E-state index is 13.3. The van der Waals surface area contributed by atoms with Gasteiger partial charge in [0.15, 0.2) is 0 Å². The summed E-state index contributed by atoms with van der Waals surface area (Å²) < 4.78 is 0. The molecule has 2 aromatic rings. The van der Waals surface area contributed by atoms with Crippen molar-refractivity contribution in [1.29, 1.82) is 0 Å². The van der Waals surface area contributed by atoms with Crippen LogP contribution in [0.4, 0.5) is 0 Å². The topological polar surface area (TPSA) is 75.2 Å². The van der Waals surface area contributed by atoms with Crippen LogP contribution in [0.3, 0.4) is 0 Å². The third-order valence-electron chi connectivity index (χ3n) is 6.57. The van der Waals surface area contributed by atoms with E-state index < -0.39 is 5.41 Å². The number of carbonyl (C=O) groups is 2. The second kappa shape index (κ2) is 7.93. The highest BCUT2D eigenvalue weighted by Crippen LogP contribution is 2.52. The quantitative estimate of drug-likeness (QED) is 0.820. The average Bonchev–Trinajstić information content (AvgIpc) is 3.30. The van der Waals surface area contributed by atoms with Gasteiger partial charge >= 0.3 is 0 Å². The minimum Gasteiger partial charge on any atom is -0.350 e. The van der Waals surface area contributed by atoms with Crippen molar-refractivity contribution >= 4 is 11.8 Å². The molecule has 2 bridgehead atoms. The van der Waals surface area contributed by atoms with E-state index >= 15 is 0 Å². The fraction of sp³-hybridized carbons (Fsp3) is 0.478. The van der Waals surface area contributed by atoms with Gasteiger partial charge < -0.3 is 10.2 Å². The molecule has 2 fully saturated rings. The molecule has 0 radical (unpaired) electrons. The van der Waals surface area contributed by atoms with Crippen LogP contribution in [0.25, 0.3) is 0 Å². The highest BCUT2D eigenvalue weighted by molar-refractivity contribution is 5.87. The van der Waals surface area contributed by atoms with Crippen LogP contribution in [0.1, 0.15) is 49.6 Å². The zero-order valence-corrected chi connectivity index (χ0v) is 17.1. The molecule has 1 aromatic carbocycles. The van der Waals surface area contributed by atoms with Gasteiger partial charge in [-0.3, -0.25) is 19.6 Å². The molecule has 0 saturated carbocycles. The van der Waals surface area contributed by atoms with Crippen molar-refractivity contribution in [3.05, 3.63) is 59.7 Å². The molecular weight excluding hydrogens is 364 g/mol. The third-order valence-corrected chi connectivity index (χ3v) is 6.57. The maximum Gasteiger partial charge on any atom is 0.228 e. The van der Waals surface area contributed by atoms with Gasteiger partial charge in [0, 0.05) is 18.3 Å². The number of benzene rings is 1. The van der Waals surface area contributed by atoms with Gasteiger partial charge in [-0.1, -0.05) is 37.3 Å². The molecule has 2 aliphatic heterocycles. The summed E-state index contributed by atoms with van der Waals surface area (Å²) in [7, 11) is 0. The Morgan fingerprint density at radius 1 is 1.17 bits per heavy atom. The molecule has 0 spiro atoms. The van der Waals surface area contributed by atoms with Crippen LogP contribution in [0.15, 0.2) is 42.7 Å². The van der Waals surface area contributed by atoms with Crippen LogP contribution in [-0.2, 0) is 22.6 Å². The normalized spacial score (nSPS) is 25.2. The Balaban J connectivity index is 1.47. The predicted octanol–water partition coefficient (Wildman–Crippen LogP) is 2.80. The molecule has 152 valence electrons. The number of aromatic nitrogens is 2. The van der Waals surface area contributed by atoms with Gasteiger partial charge in [-0.05, 0) is 38.2 Å². The van der Waals surface area contributed by atoms with Gasteiger partial charge in [0.2, 0.25) is 11.8 Å². The minimum absolute atomic E-state index is 0.0159. The molecule has 29 heavy (non-hydrogen) atoms. The van der Waals surface area contributed by atoms with Crippen molar-refractivity contribution in [1.82, 2.24) is 20.2 Å². The number of fused-ring (bicyclic) bond motifs is 2. The fourth-order valence-corrected chi connectivity index (χ4v) is 5.06. The van der Waals surface area contributed by atoms with E-state index in [2.05, 4.69) is 22.2 Å². The Morgan fingerprint density at radius 2 is 1.97 bits per heavy atom. The molecule has 2 amide bonds. The summed E-state index contributed by atoms with van der Waals surface area (Å²) in [6.07, 6.45) is 7.17. The smallest absolute Gasteiger partial charge is 0.228 e. The zero-order valence-electron chi connectivity index (χ0n) is 17.1. The van der Waals surface area contributed by atoms with Crippen LogP contribution >= 0.6 is 0 Å². The van der Waals surface area contributed by atoms with E-state index in [4.69, 9.17) is 0 Å². The second-order valence-electron chi connectivity index (χ2n) is 8.26. The highest BCUT2D eigenvalue weighted by Gasteiger charge is 2.59. The van der Waals surface area contributed by atoms with Crippen molar-refractivity contribution in [3.8, 4) is 0 Å². The Bertz CT molecular complexity index is 884. The van der Waals surface area contributed by atoms with Gasteiger partial charge in [-0.2, -0.15) is 0 Å². The number of aryl methyl sites for hydroxylation is 1. The molecule has 1 N–H and O–H groups in total. The van der Waals surface area contributed by atoms with Gasteiger partial charge in [0.05, 0.1) is 36.0 Å². The standard InChI is InChI=1S/C23H28N4O2/c1-3-23(22(29)26-15-18-14-24-16(2)13-25-18)12-19-9-10-20(23)27(19)21(28)11-17-7-5-4-6-8-17/h4-8,13-14,19-20H,3,9-12,15H2,1-2H3,(H,26,29)/t19-,20+,23+/m0/s1. The molecule has 2 aliphatic rings. The van der Waals surface area contributed by atoms with E-state index in [1.165, 1.54) is 0 Å². The van der Waals surface area contributed by atoms with E-state index in [1.54, 1.807) is 12.4 Å². The van der Waals surface area contributed by atoms with E-state index in [-0.39, 0.29) is 23.9 Å². The lowest BCUT2D eigenvalue weighted by molar-refractivity contribution is -0.136. The molecule has 1 aromatic heterocycles. The predicted molar refractivity (Wildman–Crippen MR) is 110 cm³/mol. The summed E-state index contributed by atoms with van der Waals surface area (Å²) in [4.78, 5) is 36.9. The van der Waals surface area contributed by atoms with Crippen molar-refractivity contribution in [3.63, 3.8) is 0 Å². The second-order valence-corrected chi connectivity index (χ2v) is 8.26. The Labute approximate surface area is 171 Å². The molecule has 0 aliphatic carbocycles. The molecule has 0 unspecified atom stereocenters. The largest absolute Gasteiger partial charge is 0.350 e. The maximum atomic E-state index is 13.3. The first-order valence-corrected chi connectivity index (χ1v) is 10.4. The number of rotatable bonds is 6. The Hall–Kier alpha value is -2.76. The van der Waals surface area contributed by atoms with E-state index in [0.717, 1.165) is 42.6 Å². The number of carbonyl (C=O) groups excluding carboxylic acids is 2. The van der Waals surface area contributed by atoms with Crippen LogP contribution in [0, 0.1) is 12.3 Å². The van der Waals surface area contributed by atoms with Crippen molar-refractivity contribution < 1.29 is 9.59 Å². The number of hydrogen-bond donors (Lipinski definition) is 1. The fourth-order valence-electron chi connectivity index (χ4n) is 5.06. The van der Waals surface area contributed by atoms with Gasteiger partial charge in [0.25, 0.3) is 0 Å². The van der Waals surface area contributed by atoms with Crippen LogP contribution in [0.2, 0.25) is 0 Å². The molecule has 6 nitrogen and oxygen atoms in total. The number of hydrogen-bond acceptors (Lipinski definition) is 4. The summed E-state index contributed by atoms with van der Waals surface area (Å²) in [5.41, 5.74) is 2.11. The van der Waals surface area contributed by atoms with Gasteiger partial charge in [0.1, 0.15) is 0 Å². The van der Waals surface area contributed by atoms with E-state index in [9.17, 15) is 9.59 Å². The molecule has 2 saturated heterocycles.